The van der Waals surface area contributed by atoms with Crippen LogP contribution in [-0.4, -0.2) is 32.2 Å². The van der Waals surface area contributed by atoms with Crippen molar-refractivity contribution in [3.05, 3.63) is 63.9 Å². The van der Waals surface area contributed by atoms with Crippen molar-refractivity contribution < 1.29 is 19.0 Å². The maximum absolute atomic E-state index is 12.7. The zero-order chi connectivity index (χ0) is 19.4. The molecule has 1 heterocycles. The first-order valence-corrected chi connectivity index (χ1v) is 8.24. The van der Waals surface area contributed by atoms with Gasteiger partial charge in [-0.1, -0.05) is 12.1 Å². The van der Waals surface area contributed by atoms with Crippen molar-refractivity contribution in [1.82, 2.24) is 4.98 Å². The number of carbonyl (C=O) groups is 1. The van der Waals surface area contributed by atoms with E-state index in [0.29, 0.717) is 34.9 Å². The van der Waals surface area contributed by atoms with Crippen LogP contribution in [0.2, 0.25) is 0 Å². The normalized spacial score (nSPS) is 10.6. The number of anilines is 1. The molecule has 2 N–H and O–H groups in total. The maximum Gasteiger partial charge on any atom is 0.259 e. The predicted molar refractivity (Wildman–Crippen MR) is 103 cm³/mol. The van der Waals surface area contributed by atoms with Crippen LogP contribution in [0.4, 0.5) is 5.69 Å². The molecule has 0 aliphatic rings. The van der Waals surface area contributed by atoms with Crippen molar-refractivity contribution >= 4 is 22.5 Å². The van der Waals surface area contributed by atoms with Gasteiger partial charge in [-0.2, -0.15) is 0 Å². The van der Waals surface area contributed by atoms with E-state index in [1.54, 1.807) is 37.4 Å². The molecule has 7 heteroatoms. The minimum Gasteiger partial charge on any atom is -0.493 e. The maximum atomic E-state index is 12.7. The second-order valence-electron chi connectivity index (χ2n) is 5.85. The molecule has 0 spiro atoms. The summed E-state index contributed by atoms with van der Waals surface area (Å²) in [6.07, 6.45) is 0. The monoisotopic (exact) mass is 368 g/mol. The largest absolute Gasteiger partial charge is 0.493 e. The van der Waals surface area contributed by atoms with Crippen LogP contribution in [0.5, 0.6) is 11.5 Å². The van der Waals surface area contributed by atoms with Gasteiger partial charge in [0.15, 0.2) is 11.5 Å². The highest BCUT2D eigenvalue weighted by molar-refractivity contribution is 6.07. The Morgan fingerprint density at radius 3 is 2.59 bits per heavy atom. The van der Waals surface area contributed by atoms with E-state index in [1.165, 1.54) is 20.3 Å². The number of nitrogens with one attached hydrogen (secondary N) is 2. The molecule has 0 atom stereocenters. The standard InChI is InChI=1S/C20H20N2O5/c1-25-11-12-9-18(23)22-16-10-13(7-8-14(12)16)21-20(24)15-5-4-6-17(26-2)19(15)27-3/h4-10H,11H2,1-3H3,(H,21,24)(H,22,23). The first-order valence-electron chi connectivity index (χ1n) is 8.24. The van der Waals surface area contributed by atoms with Crippen LogP contribution < -0.4 is 20.3 Å². The van der Waals surface area contributed by atoms with Crippen molar-refractivity contribution in [3.63, 3.8) is 0 Å². The summed E-state index contributed by atoms with van der Waals surface area (Å²) in [4.78, 5) is 27.3. The van der Waals surface area contributed by atoms with Gasteiger partial charge >= 0.3 is 0 Å². The Morgan fingerprint density at radius 1 is 1.07 bits per heavy atom. The quantitative estimate of drug-likeness (QED) is 0.698. The fourth-order valence-corrected chi connectivity index (χ4v) is 2.95. The summed E-state index contributed by atoms with van der Waals surface area (Å²) >= 11 is 0. The van der Waals surface area contributed by atoms with Crippen molar-refractivity contribution in [1.29, 1.82) is 0 Å². The van der Waals surface area contributed by atoms with Crippen LogP contribution in [0.3, 0.4) is 0 Å². The zero-order valence-corrected chi connectivity index (χ0v) is 15.3. The SMILES string of the molecule is COCc1cc(=O)[nH]c2cc(NC(=O)c3cccc(OC)c3OC)ccc12. The topological polar surface area (TPSA) is 89.7 Å². The Hall–Kier alpha value is -3.32. The first kappa shape index (κ1) is 18.5. The molecule has 0 aliphatic carbocycles. The first-order chi connectivity index (χ1) is 13.1. The number of rotatable bonds is 6. The molecule has 3 aromatic rings. The summed E-state index contributed by atoms with van der Waals surface area (Å²) < 4.78 is 15.7. The minimum absolute atomic E-state index is 0.229. The fraction of sp³-hybridized carbons (Fsp3) is 0.200. The summed E-state index contributed by atoms with van der Waals surface area (Å²) in [6.45, 7) is 0.327. The van der Waals surface area contributed by atoms with E-state index in [4.69, 9.17) is 14.2 Å². The van der Waals surface area contributed by atoms with Gasteiger partial charge in [0, 0.05) is 24.2 Å². The zero-order valence-electron chi connectivity index (χ0n) is 15.3. The number of H-pyrrole nitrogens is 1. The number of aromatic amines is 1. The number of benzene rings is 2. The van der Waals surface area contributed by atoms with Gasteiger partial charge < -0.3 is 24.5 Å². The van der Waals surface area contributed by atoms with Crippen molar-refractivity contribution in [2.24, 2.45) is 0 Å². The third-order valence-electron chi connectivity index (χ3n) is 4.13. The Morgan fingerprint density at radius 2 is 1.89 bits per heavy atom. The van der Waals surface area contributed by atoms with Gasteiger partial charge in [-0.3, -0.25) is 9.59 Å². The Balaban J connectivity index is 1.95. The summed E-state index contributed by atoms with van der Waals surface area (Å²) in [6, 6.07) is 11.9. The molecule has 1 aromatic heterocycles. The molecule has 0 unspecified atom stereocenters. The predicted octanol–water partition coefficient (Wildman–Crippen LogP) is 2.94. The number of carbonyl (C=O) groups excluding carboxylic acids is 1. The van der Waals surface area contributed by atoms with Gasteiger partial charge in [0.1, 0.15) is 0 Å². The third-order valence-corrected chi connectivity index (χ3v) is 4.13. The number of fused-ring (bicyclic) bond motifs is 1. The average molecular weight is 368 g/mol. The van der Waals surface area contributed by atoms with Crippen LogP contribution in [-0.2, 0) is 11.3 Å². The summed E-state index contributed by atoms with van der Waals surface area (Å²) in [7, 11) is 4.56. The van der Waals surface area contributed by atoms with Crippen LogP contribution >= 0.6 is 0 Å². The van der Waals surface area contributed by atoms with E-state index in [-0.39, 0.29) is 11.5 Å². The lowest BCUT2D eigenvalue weighted by atomic mass is 10.1. The number of aromatic nitrogens is 1. The molecule has 1 amide bonds. The Labute approximate surface area is 155 Å². The molecule has 3 rings (SSSR count). The highest BCUT2D eigenvalue weighted by atomic mass is 16.5. The van der Waals surface area contributed by atoms with Gasteiger partial charge in [0.2, 0.25) is 5.56 Å². The molecule has 0 bridgehead atoms. The highest BCUT2D eigenvalue weighted by Crippen LogP contribution is 2.31. The van der Waals surface area contributed by atoms with Gasteiger partial charge in [-0.25, -0.2) is 0 Å². The van der Waals surface area contributed by atoms with Crippen LogP contribution in [0.1, 0.15) is 15.9 Å². The van der Waals surface area contributed by atoms with E-state index in [1.807, 2.05) is 6.07 Å². The number of hydrogen-bond acceptors (Lipinski definition) is 5. The number of para-hydroxylation sites is 1. The van der Waals surface area contributed by atoms with E-state index in [2.05, 4.69) is 10.3 Å². The molecule has 0 fully saturated rings. The van der Waals surface area contributed by atoms with E-state index in [0.717, 1.165) is 10.9 Å². The second-order valence-corrected chi connectivity index (χ2v) is 5.85. The van der Waals surface area contributed by atoms with Crippen LogP contribution in [0, 0.1) is 0 Å². The molecule has 0 aliphatic heterocycles. The fourth-order valence-electron chi connectivity index (χ4n) is 2.95. The Bertz CT molecular complexity index is 1040. The highest BCUT2D eigenvalue weighted by Gasteiger charge is 2.16. The second kappa shape index (κ2) is 7.92. The third kappa shape index (κ3) is 3.78. The number of methoxy groups -OCH3 is 3. The summed E-state index contributed by atoms with van der Waals surface area (Å²) in [5.41, 5.74) is 2.06. The molecule has 7 nitrogen and oxygen atoms in total. The summed E-state index contributed by atoms with van der Waals surface area (Å²) in [5.74, 6) is 0.478. The van der Waals surface area contributed by atoms with Crippen molar-refractivity contribution in [3.8, 4) is 11.5 Å². The number of hydrogen-bond donors (Lipinski definition) is 2. The van der Waals surface area contributed by atoms with Crippen LogP contribution in [0.15, 0.2) is 47.3 Å². The number of ether oxygens (including phenoxy) is 3. The van der Waals surface area contributed by atoms with Crippen LogP contribution in [0.25, 0.3) is 10.9 Å². The Kier molecular flexibility index (Phi) is 5.42. The van der Waals surface area contributed by atoms with E-state index >= 15 is 0 Å². The number of amides is 1. The summed E-state index contributed by atoms with van der Waals surface area (Å²) in [5, 5.41) is 3.67. The molecule has 0 saturated carbocycles. The molecular weight excluding hydrogens is 348 g/mol. The lowest BCUT2D eigenvalue weighted by Crippen LogP contribution is -2.14. The van der Waals surface area contributed by atoms with Crippen molar-refractivity contribution in [2.75, 3.05) is 26.6 Å². The molecule has 0 radical (unpaired) electrons. The molecule has 140 valence electrons. The molecule has 27 heavy (non-hydrogen) atoms. The van der Waals surface area contributed by atoms with Gasteiger partial charge in [0.05, 0.1) is 31.9 Å². The molecule has 2 aromatic carbocycles. The number of pyridine rings is 1. The van der Waals surface area contributed by atoms with E-state index < -0.39 is 0 Å². The van der Waals surface area contributed by atoms with Gasteiger partial charge in [-0.05, 0) is 29.8 Å². The average Bonchev–Trinajstić information content (AvgIpc) is 2.67. The molecule has 0 saturated heterocycles. The smallest absolute Gasteiger partial charge is 0.259 e. The van der Waals surface area contributed by atoms with Gasteiger partial charge in [-0.15, -0.1) is 0 Å². The lowest BCUT2D eigenvalue weighted by molar-refractivity contribution is 0.102. The van der Waals surface area contributed by atoms with E-state index in [9.17, 15) is 9.59 Å². The lowest BCUT2D eigenvalue weighted by Gasteiger charge is -2.13. The molecular formula is C20H20N2O5. The van der Waals surface area contributed by atoms with Crippen molar-refractivity contribution in [2.45, 2.75) is 6.61 Å². The minimum atomic E-state index is -0.347. The van der Waals surface area contributed by atoms with Gasteiger partial charge in [0.25, 0.3) is 5.91 Å².